The van der Waals surface area contributed by atoms with E-state index >= 15 is 0 Å². The number of benzene rings is 1. The lowest BCUT2D eigenvalue weighted by atomic mass is 9.97. The molecule has 2 aliphatic heterocycles. The number of nitrogens with zero attached hydrogens (tertiary/aromatic N) is 3. The smallest absolute Gasteiger partial charge is 0.224 e. The molecular weight excluding hydrogens is 408 g/mol. The van der Waals surface area contributed by atoms with E-state index in [4.69, 9.17) is 9.72 Å². The third-order valence-electron chi connectivity index (χ3n) is 6.92. The molecule has 0 radical (unpaired) electrons. The van der Waals surface area contributed by atoms with E-state index in [0.29, 0.717) is 12.1 Å². The van der Waals surface area contributed by atoms with Gasteiger partial charge in [-0.3, -0.25) is 9.69 Å². The van der Waals surface area contributed by atoms with Gasteiger partial charge in [0.05, 0.1) is 23.2 Å². The molecule has 4 rings (SSSR count). The highest BCUT2D eigenvalue weighted by Crippen LogP contribution is 2.33. The number of nitrogens with one attached hydrogen (secondary N) is 1. The van der Waals surface area contributed by atoms with Crippen molar-refractivity contribution in [3.63, 3.8) is 0 Å². The fraction of sp³-hybridized carbons (Fsp3) is 0.667. The molecule has 1 amide bonds. The highest BCUT2D eigenvalue weighted by Gasteiger charge is 2.28. The molecular formula is C24H36N4O2S. The van der Waals surface area contributed by atoms with Crippen molar-refractivity contribution in [3.05, 3.63) is 18.2 Å². The number of anilines is 1. The zero-order chi connectivity index (χ0) is 21.8. The van der Waals surface area contributed by atoms with E-state index in [0.717, 1.165) is 66.5 Å². The zero-order valence-electron chi connectivity index (χ0n) is 19.1. The summed E-state index contributed by atoms with van der Waals surface area (Å²) < 4.78 is 6.46. The highest BCUT2D eigenvalue weighted by molar-refractivity contribution is 7.22. The summed E-state index contributed by atoms with van der Waals surface area (Å²) in [5, 5.41) is 4.22. The maximum Gasteiger partial charge on any atom is 0.224 e. The Labute approximate surface area is 190 Å². The average molecular weight is 445 g/mol. The van der Waals surface area contributed by atoms with Crippen molar-refractivity contribution < 1.29 is 9.53 Å². The van der Waals surface area contributed by atoms with Crippen molar-refractivity contribution in [2.24, 2.45) is 5.92 Å². The fourth-order valence-electron chi connectivity index (χ4n) is 5.05. The molecule has 2 saturated heterocycles. The third-order valence-corrected chi connectivity index (χ3v) is 7.99. The molecule has 1 aromatic heterocycles. The van der Waals surface area contributed by atoms with E-state index in [9.17, 15) is 4.79 Å². The molecule has 2 fully saturated rings. The van der Waals surface area contributed by atoms with Crippen LogP contribution in [-0.4, -0.2) is 61.2 Å². The van der Waals surface area contributed by atoms with Crippen molar-refractivity contribution >= 4 is 32.6 Å². The molecule has 0 unspecified atom stereocenters. The first-order valence-electron chi connectivity index (χ1n) is 11.8. The number of piperidine rings is 2. The molecule has 0 saturated carbocycles. The lowest BCUT2D eigenvalue weighted by molar-refractivity contribution is -0.125. The van der Waals surface area contributed by atoms with Crippen LogP contribution in [0.2, 0.25) is 0 Å². The Bertz CT molecular complexity index is 876. The minimum atomic E-state index is 0.0446. The van der Waals surface area contributed by atoms with Gasteiger partial charge in [0.2, 0.25) is 5.91 Å². The molecule has 2 aromatic rings. The number of likely N-dealkylation sites (tertiary alicyclic amines) is 1. The van der Waals surface area contributed by atoms with Crippen LogP contribution in [0.4, 0.5) is 5.13 Å². The number of hydrogen-bond donors (Lipinski definition) is 1. The van der Waals surface area contributed by atoms with E-state index in [1.807, 2.05) is 18.2 Å². The van der Waals surface area contributed by atoms with Crippen LogP contribution in [0.25, 0.3) is 10.2 Å². The van der Waals surface area contributed by atoms with Crippen molar-refractivity contribution in [2.45, 2.75) is 64.5 Å². The summed E-state index contributed by atoms with van der Waals surface area (Å²) in [6.45, 7) is 8.24. The lowest BCUT2D eigenvalue weighted by Gasteiger charge is -2.39. The van der Waals surface area contributed by atoms with Crippen LogP contribution >= 0.6 is 11.3 Å². The summed E-state index contributed by atoms with van der Waals surface area (Å²) in [5.74, 6) is 1.10. The van der Waals surface area contributed by atoms with Crippen LogP contribution in [0.1, 0.15) is 52.4 Å². The van der Waals surface area contributed by atoms with E-state index in [1.54, 1.807) is 18.4 Å². The summed E-state index contributed by atoms with van der Waals surface area (Å²) in [6, 6.07) is 7.32. The Morgan fingerprint density at radius 2 is 2.03 bits per heavy atom. The van der Waals surface area contributed by atoms with Gasteiger partial charge in [-0.05, 0) is 64.2 Å². The Balaban J connectivity index is 1.27. The summed E-state index contributed by atoms with van der Waals surface area (Å²) in [7, 11) is 1.69. The molecule has 0 bridgehead atoms. The van der Waals surface area contributed by atoms with Gasteiger partial charge >= 0.3 is 0 Å². The number of hydrogen-bond acceptors (Lipinski definition) is 6. The topological polar surface area (TPSA) is 57.7 Å². The predicted molar refractivity (Wildman–Crippen MR) is 128 cm³/mol. The summed E-state index contributed by atoms with van der Waals surface area (Å²) in [6.07, 6.45) is 6.95. The van der Waals surface area contributed by atoms with Gasteiger partial charge in [-0.2, -0.15) is 0 Å². The standard InChI is InChI=1S/C24H36N4O2S/c1-17-7-4-8-18(2)28(17)14-6-12-25-23(29)19-9-5-13-27(16-19)24-26-21-11-10-20(30-3)15-22(21)31-24/h10-11,15,17-19H,4-9,12-14,16H2,1-3H3,(H,25,29)/t17-,18+,19-/m0/s1. The number of amides is 1. The molecule has 0 aliphatic carbocycles. The Kier molecular flexibility index (Phi) is 7.33. The van der Waals surface area contributed by atoms with Gasteiger partial charge in [0.15, 0.2) is 5.13 Å². The molecule has 1 N–H and O–H groups in total. The Morgan fingerprint density at radius 1 is 1.23 bits per heavy atom. The number of fused-ring (bicyclic) bond motifs is 1. The molecule has 2 aliphatic rings. The fourth-order valence-corrected chi connectivity index (χ4v) is 6.08. The lowest BCUT2D eigenvalue weighted by Crippen LogP contribution is -2.46. The summed E-state index contributed by atoms with van der Waals surface area (Å²) in [5.41, 5.74) is 0.994. The van der Waals surface area contributed by atoms with Crippen LogP contribution in [0, 0.1) is 5.92 Å². The van der Waals surface area contributed by atoms with E-state index in [1.165, 1.54) is 19.3 Å². The number of carbonyl (C=O) groups excluding carboxylic acids is 1. The van der Waals surface area contributed by atoms with Gasteiger partial charge in [0.1, 0.15) is 5.75 Å². The first kappa shape index (κ1) is 22.3. The van der Waals surface area contributed by atoms with Crippen molar-refractivity contribution in [1.82, 2.24) is 15.2 Å². The Hall–Kier alpha value is -1.86. The van der Waals surface area contributed by atoms with Crippen molar-refractivity contribution in [1.29, 1.82) is 0 Å². The molecule has 170 valence electrons. The first-order chi connectivity index (χ1) is 15.0. The molecule has 1 aromatic carbocycles. The number of ether oxygens (including phenoxy) is 1. The average Bonchev–Trinajstić information content (AvgIpc) is 3.21. The molecule has 3 atom stereocenters. The Morgan fingerprint density at radius 3 is 2.81 bits per heavy atom. The van der Waals surface area contributed by atoms with E-state index in [2.05, 4.69) is 29.0 Å². The van der Waals surface area contributed by atoms with Crippen LogP contribution in [0.3, 0.4) is 0 Å². The van der Waals surface area contributed by atoms with Gasteiger partial charge < -0.3 is 15.0 Å². The number of aromatic nitrogens is 1. The SMILES string of the molecule is COc1ccc2nc(N3CCC[C@H](C(=O)NCCCN4[C@H](C)CCC[C@@H]4C)C3)sc2c1. The normalized spacial score (nSPS) is 25.0. The maximum atomic E-state index is 12.8. The number of rotatable bonds is 7. The zero-order valence-corrected chi connectivity index (χ0v) is 19.9. The monoisotopic (exact) mass is 444 g/mol. The van der Waals surface area contributed by atoms with Gasteiger partial charge in [0, 0.05) is 38.3 Å². The quantitative estimate of drug-likeness (QED) is 0.646. The van der Waals surface area contributed by atoms with E-state index in [-0.39, 0.29) is 11.8 Å². The minimum absolute atomic E-state index is 0.0446. The number of methoxy groups -OCH3 is 1. The molecule has 3 heterocycles. The maximum absolute atomic E-state index is 12.8. The predicted octanol–water partition coefficient (Wildman–Crippen LogP) is 4.29. The number of carbonyl (C=O) groups is 1. The largest absolute Gasteiger partial charge is 0.497 e. The molecule has 6 nitrogen and oxygen atoms in total. The van der Waals surface area contributed by atoms with Gasteiger partial charge in [-0.1, -0.05) is 17.8 Å². The summed E-state index contributed by atoms with van der Waals surface area (Å²) in [4.78, 5) is 22.5. The van der Waals surface area contributed by atoms with Gasteiger partial charge in [0.25, 0.3) is 0 Å². The highest BCUT2D eigenvalue weighted by atomic mass is 32.1. The van der Waals surface area contributed by atoms with Gasteiger partial charge in [-0.25, -0.2) is 4.98 Å². The van der Waals surface area contributed by atoms with Crippen molar-refractivity contribution in [2.75, 3.05) is 38.2 Å². The first-order valence-corrected chi connectivity index (χ1v) is 12.6. The second kappa shape index (κ2) is 10.2. The van der Waals surface area contributed by atoms with Crippen LogP contribution in [0.5, 0.6) is 5.75 Å². The second-order valence-corrected chi connectivity index (χ2v) is 10.1. The third kappa shape index (κ3) is 5.32. The number of thiazole rings is 1. The van der Waals surface area contributed by atoms with Crippen LogP contribution < -0.4 is 15.0 Å². The van der Waals surface area contributed by atoms with Crippen LogP contribution in [-0.2, 0) is 4.79 Å². The minimum Gasteiger partial charge on any atom is -0.497 e. The van der Waals surface area contributed by atoms with Gasteiger partial charge in [-0.15, -0.1) is 0 Å². The molecule has 7 heteroatoms. The van der Waals surface area contributed by atoms with Crippen molar-refractivity contribution in [3.8, 4) is 5.75 Å². The molecule has 31 heavy (non-hydrogen) atoms. The second-order valence-electron chi connectivity index (χ2n) is 9.13. The molecule has 0 spiro atoms. The summed E-state index contributed by atoms with van der Waals surface area (Å²) >= 11 is 1.68. The van der Waals surface area contributed by atoms with Crippen LogP contribution in [0.15, 0.2) is 18.2 Å². The van der Waals surface area contributed by atoms with E-state index < -0.39 is 0 Å².